The number of carbonyl (C=O) groups is 2. The van der Waals surface area contributed by atoms with Gasteiger partial charge in [0.15, 0.2) is 0 Å². The highest BCUT2D eigenvalue weighted by Crippen LogP contribution is 2.14. The van der Waals surface area contributed by atoms with Crippen molar-refractivity contribution in [2.75, 3.05) is 13.1 Å². The summed E-state index contributed by atoms with van der Waals surface area (Å²) in [6, 6.07) is -0.420. The van der Waals surface area contributed by atoms with E-state index >= 15 is 0 Å². The SMILES string of the molecule is CC(C)(C)OC(=O)N[C@@H]1CNCC[C@@H]1C(=O)O. The van der Waals surface area contributed by atoms with Crippen LogP contribution in [-0.2, 0) is 9.53 Å². The van der Waals surface area contributed by atoms with Crippen molar-refractivity contribution in [2.24, 2.45) is 5.92 Å². The number of hydrogen-bond acceptors (Lipinski definition) is 4. The minimum absolute atomic E-state index is 0.420. The second kappa shape index (κ2) is 5.35. The quantitative estimate of drug-likeness (QED) is 0.661. The highest BCUT2D eigenvalue weighted by atomic mass is 16.6. The molecular weight excluding hydrogens is 224 g/mol. The van der Waals surface area contributed by atoms with Gasteiger partial charge in [-0.25, -0.2) is 4.79 Å². The molecule has 3 N–H and O–H groups in total. The summed E-state index contributed by atoms with van der Waals surface area (Å²) in [5, 5.41) is 14.7. The van der Waals surface area contributed by atoms with Crippen LogP contribution in [0.15, 0.2) is 0 Å². The Labute approximate surface area is 101 Å². The van der Waals surface area contributed by atoms with Crippen LogP contribution in [-0.4, -0.2) is 41.9 Å². The van der Waals surface area contributed by atoms with Gasteiger partial charge in [0, 0.05) is 6.54 Å². The number of ether oxygens (including phenoxy) is 1. The minimum Gasteiger partial charge on any atom is -0.481 e. The van der Waals surface area contributed by atoms with E-state index in [4.69, 9.17) is 9.84 Å². The Balaban J connectivity index is 2.53. The minimum atomic E-state index is -0.882. The van der Waals surface area contributed by atoms with Crippen LogP contribution in [0.2, 0.25) is 0 Å². The number of rotatable bonds is 2. The lowest BCUT2D eigenvalue weighted by atomic mass is 9.93. The Kier molecular flexibility index (Phi) is 4.34. The number of carbonyl (C=O) groups excluding carboxylic acids is 1. The standard InChI is InChI=1S/C11H20N2O4/c1-11(2,3)17-10(16)13-8-6-12-5-4-7(8)9(14)15/h7-8,12H,4-6H2,1-3H3,(H,13,16)(H,14,15)/t7-,8+/m0/s1. The first-order chi connectivity index (χ1) is 7.79. The van der Waals surface area contributed by atoms with E-state index in [9.17, 15) is 9.59 Å². The molecule has 1 amide bonds. The summed E-state index contributed by atoms with van der Waals surface area (Å²) >= 11 is 0. The Morgan fingerprint density at radius 2 is 2.06 bits per heavy atom. The highest BCUT2D eigenvalue weighted by molar-refractivity contribution is 5.74. The Morgan fingerprint density at radius 3 is 2.59 bits per heavy atom. The van der Waals surface area contributed by atoms with E-state index in [1.807, 2.05) is 0 Å². The van der Waals surface area contributed by atoms with Crippen molar-refractivity contribution < 1.29 is 19.4 Å². The molecule has 0 saturated carbocycles. The van der Waals surface area contributed by atoms with Crippen LogP contribution in [0.25, 0.3) is 0 Å². The number of piperidine rings is 1. The van der Waals surface area contributed by atoms with Crippen LogP contribution < -0.4 is 10.6 Å². The van der Waals surface area contributed by atoms with Crippen LogP contribution >= 0.6 is 0 Å². The average Bonchev–Trinajstić information content (AvgIpc) is 2.14. The molecule has 0 aromatic heterocycles. The molecule has 0 aromatic rings. The largest absolute Gasteiger partial charge is 0.481 e. The molecule has 1 fully saturated rings. The smallest absolute Gasteiger partial charge is 0.407 e. The number of alkyl carbamates (subject to hydrolysis) is 1. The van der Waals surface area contributed by atoms with Gasteiger partial charge in [0.1, 0.15) is 5.60 Å². The zero-order valence-electron chi connectivity index (χ0n) is 10.4. The van der Waals surface area contributed by atoms with E-state index in [2.05, 4.69) is 10.6 Å². The van der Waals surface area contributed by atoms with Crippen LogP contribution in [0.1, 0.15) is 27.2 Å². The maximum Gasteiger partial charge on any atom is 0.407 e. The van der Waals surface area contributed by atoms with Crippen LogP contribution in [0.5, 0.6) is 0 Å². The van der Waals surface area contributed by atoms with E-state index in [1.54, 1.807) is 20.8 Å². The van der Waals surface area contributed by atoms with Gasteiger partial charge in [0.25, 0.3) is 0 Å². The lowest BCUT2D eigenvalue weighted by Crippen LogP contribution is -2.54. The van der Waals surface area contributed by atoms with Gasteiger partial charge in [-0.2, -0.15) is 0 Å². The first-order valence-corrected chi connectivity index (χ1v) is 5.72. The zero-order valence-corrected chi connectivity index (χ0v) is 10.4. The molecule has 1 aliphatic rings. The van der Waals surface area contributed by atoms with E-state index in [1.165, 1.54) is 0 Å². The van der Waals surface area contributed by atoms with Crippen molar-refractivity contribution in [3.05, 3.63) is 0 Å². The maximum absolute atomic E-state index is 11.5. The molecule has 2 atom stereocenters. The monoisotopic (exact) mass is 244 g/mol. The lowest BCUT2D eigenvalue weighted by Gasteiger charge is -2.30. The highest BCUT2D eigenvalue weighted by Gasteiger charge is 2.32. The van der Waals surface area contributed by atoms with Gasteiger partial charge in [-0.05, 0) is 33.7 Å². The van der Waals surface area contributed by atoms with Crippen molar-refractivity contribution >= 4 is 12.1 Å². The second-order valence-electron chi connectivity index (χ2n) is 5.19. The third-order valence-corrected chi connectivity index (χ3v) is 2.50. The van der Waals surface area contributed by atoms with Gasteiger partial charge in [-0.1, -0.05) is 0 Å². The molecule has 1 saturated heterocycles. The summed E-state index contributed by atoms with van der Waals surface area (Å²) in [5.41, 5.74) is -0.578. The summed E-state index contributed by atoms with van der Waals surface area (Å²) in [5.74, 6) is -1.43. The molecule has 17 heavy (non-hydrogen) atoms. The molecule has 98 valence electrons. The molecular formula is C11H20N2O4. The third kappa shape index (κ3) is 4.60. The Morgan fingerprint density at radius 1 is 1.41 bits per heavy atom. The molecule has 0 radical (unpaired) electrons. The molecule has 1 rings (SSSR count). The number of carboxylic acid groups (broad SMARTS) is 1. The summed E-state index contributed by atoms with van der Waals surface area (Å²) in [6.07, 6.45) is -0.0621. The van der Waals surface area contributed by atoms with Gasteiger partial charge in [0.2, 0.25) is 0 Å². The van der Waals surface area contributed by atoms with Crippen molar-refractivity contribution in [1.29, 1.82) is 0 Å². The van der Waals surface area contributed by atoms with Crippen molar-refractivity contribution in [3.63, 3.8) is 0 Å². The molecule has 6 nitrogen and oxygen atoms in total. The van der Waals surface area contributed by atoms with Gasteiger partial charge in [-0.15, -0.1) is 0 Å². The van der Waals surface area contributed by atoms with Gasteiger partial charge >= 0.3 is 12.1 Å². The molecule has 0 unspecified atom stereocenters. The first kappa shape index (κ1) is 13.8. The number of carboxylic acids is 1. The van der Waals surface area contributed by atoms with Gasteiger partial charge < -0.3 is 20.5 Å². The number of aliphatic carboxylic acids is 1. The summed E-state index contributed by atoms with van der Waals surface area (Å²) in [4.78, 5) is 22.6. The molecule has 0 bridgehead atoms. The van der Waals surface area contributed by atoms with Crippen molar-refractivity contribution in [1.82, 2.24) is 10.6 Å². The maximum atomic E-state index is 11.5. The topological polar surface area (TPSA) is 87.7 Å². The van der Waals surface area contributed by atoms with E-state index in [-0.39, 0.29) is 0 Å². The summed E-state index contributed by atoms with van der Waals surface area (Å²) in [7, 11) is 0. The number of amides is 1. The molecule has 0 aromatic carbocycles. The fraction of sp³-hybridized carbons (Fsp3) is 0.818. The van der Waals surface area contributed by atoms with Crippen molar-refractivity contribution in [3.8, 4) is 0 Å². The number of hydrogen-bond donors (Lipinski definition) is 3. The zero-order chi connectivity index (χ0) is 13.1. The normalized spacial score (nSPS) is 25.1. The molecule has 0 aliphatic carbocycles. The fourth-order valence-corrected chi connectivity index (χ4v) is 1.76. The molecule has 1 heterocycles. The molecule has 0 spiro atoms. The lowest BCUT2D eigenvalue weighted by molar-refractivity contribution is -0.143. The van der Waals surface area contributed by atoms with Crippen LogP contribution in [0.4, 0.5) is 4.79 Å². The average molecular weight is 244 g/mol. The van der Waals surface area contributed by atoms with Gasteiger partial charge in [0.05, 0.1) is 12.0 Å². The van der Waals surface area contributed by atoms with Crippen molar-refractivity contribution in [2.45, 2.75) is 38.8 Å². The molecule has 1 aliphatic heterocycles. The first-order valence-electron chi connectivity index (χ1n) is 5.72. The third-order valence-electron chi connectivity index (χ3n) is 2.50. The van der Waals surface area contributed by atoms with E-state index in [0.29, 0.717) is 19.5 Å². The Hall–Kier alpha value is -1.30. The van der Waals surface area contributed by atoms with Crippen LogP contribution in [0, 0.1) is 5.92 Å². The molecule has 6 heteroatoms. The van der Waals surface area contributed by atoms with E-state index < -0.39 is 29.6 Å². The van der Waals surface area contributed by atoms with Crippen LogP contribution in [0.3, 0.4) is 0 Å². The second-order valence-corrected chi connectivity index (χ2v) is 5.19. The van der Waals surface area contributed by atoms with Gasteiger partial charge in [-0.3, -0.25) is 4.79 Å². The Bertz CT molecular complexity index is 298. The predicted molar refractivity (Wildman–Crippen MR) is 61.8 cm³/mol. The summed E-state index contributed by atoms with van der Waals surface area (Å²) in [6.45, 7) is 6.40. The van der Waals surface area contributed by atoms with E-state index in [0.717, 1.165) is 0 Å². The predicted octanol–water partition coefficient (Wildman–Crippen LogP) is 0.574. The fourth-order valence-electron chi connectivity index (χ4n) is 1.76. The summed E-state index contributed by atoms with van der Waals surface area (Å²) < 4.78 is 5.10. The number of nitrogens with one attached hydrogen (secondary N) is 2.